The summed E-state index contributed by atoms with van der Waals surface area (Å²) in [7, 11) is 0. The molecule has 0 amide bonds. The third-order valence-electron chi connectivity index (χ3n) is 1.35. The molecule has 0 bridgehead atoms. The molecule has 0 atom stereocenters. The average Bonchev–Trinajstić information content (AvgIpc) is 2.11. The highest BCUT2D eigenvalue weighted by Gasteiger charge is 2.31. The van der Waals surface area contributed by atoms with Crippen LogP contribution >= 0.6 is 15.9 Å². The van der Waals surface area contributed by atoms with Crippen molar-refractivity contribution in [3.05, 3.63) is 28.0 Å². The van der Waals surface area contributed by atoms with E-state index in [1.165, 1.54) is 0 Å². The minimum atomic E-state index is -4.32. The van der Waals surface area contributed by atoms with Crippen LogP contribution in [-0.4, -0.2) is 4.98 Å². The quantitative estimate of drug-likeness (QED) is 0.688. The molecule has 5 heteroatoms. The molecule has 14 heavy (non-hydrogen) atoms. The van der Waals surface area contributed by atoms with Gasteiger partial charge in [-0.3, -0.25) is 4.98 Å². The van der Waals surface area contributed by atoms with Crippen molar-refractivity contribution in [2.45, 2.75) is 26.9 Å². The van der Waals surface area contributed by atoms with Gasteiger partial charge >= 0.3 is 6.18 Å². The molecule has 0 N–H and O–H groups in total. The zero-order valence-electron chi connectivity index (χ0n) is 8.11. The number of hydrogen-bond acceptors (Lipinski definition) is 1. The van der Waals surface area contributed by atoms with E-state index >= 15 is 0 Å². The SMILES string of the molecule is CC.Cc1ncc(C(F)(F)F)cc1Br. The Bertz CT molecular complexity index is 297. The molecule has 0 fully saturated rings. The number of hydrogen-bond donors (Lipinski definition) is 0. The van der Waals surface area contributed by atoms with E-state index in [1.807, 2.05) is 13.8 Å². The molecule has 0 aliphatic carbocycles. The van der Waals surface area contributed by atoms with Gasteiger partial charge in [0.2, 0.25) is 0 Å². The van der Waals surface area contributed by atoms with Crippen LogP contribution in [0.3, 0.4) is 0 Å². The summed E-state index contributed by atoms with van der Waals surface area (Å²) in [4.78, 5) is 3.58. The first-order valence-electron chi connectivity index (χ1n) is 4.10. The summed E-state index contributed by atoms with van der Waals surface area (Å²) in [5.74, 6) is 0. The summed E-state index contributed by atoms with van der Waals surface area (Å²) < 4.78 is 36.5. The van der Waals surface area contributed by atoms with Gasteiger partial charge in [0.1, 0.15) is 0 Å². The number of aryl methyl sites for hydroxylation is 1. The molecule has 0 aliphatic heterocycles. The predicted molar refractivity (Wildman–Crippen MR) is 53.0 cm³/mol. The van der Waals surface area contributed by atoms with Gasteiger partial charge in [0, 0.05) is 10.7 Å². The van der Waals surface area contributed by atoms with Crippen LogP contribution in [-0.2, 0) is 6.18 Å². The Morgan fingerprint density at radius 2 is 1.79 bits per heavy atom. The minimum absolute atomic E-state index is 0.373. The molecule has 1 rings (SSSR count). The fourth-order valence-corrected chi connectivity index (χ4v) is 1.01. The number of halogens is 4. The number of pyridine rings is 1. The van der Waals surface area contributed by atoms with Gasteiger partial charge in [-0.15, -0.1) is 0 Å². The van der Waals surface area contributed by atoms with Crippen LogP contribution in [0.2, 0.25) is 0 Å². The second kappa shape index (κ2) is 5.34. The van der Waals surface area contributed by atoms with Crippen LogP contribution in [0.1, 0.15) is 25.1 Å². The zero-order valence-corrected chi connectivity index (χ0v) is 9.70. The van der Waals surface area contributed by atoms with Crippen LogP contribution in [0.5, 0.6) is 0 Å². The molecule has 1 heterocycles. The maximum absolute atomic E-state index is 12.0. The summed E-state index contributed by atoms with van der Waals surface area (Å²) in [6, 6.07) is 1.02. The van der Waals surface area contributed by atoms with Crippen molar-refractivity contribution >= 4 is 15.9 Å². The predicted octanol–water partition coefficient (Wildman–Crippen LogP) is 4.20. The van der Waals surface area contributed by atoms with Crippen LogP contribution in [0.4, 0.5) is 13.2 Å². The summed E-state index contributed by atoms with van der Waals surface area (Å²) in [5, 5.41) is 0. The second-order valence-corrected chi connectivity index (χ2v) is 3.14. The standard InChI is InChI=1S/C7H5BrF3N.C2H6/c1-4-6(8)2-5(3-12-4)7(9,10)11;1-2/h2-3H,1H3;1-2H3. The monoisotopic (exact) mass is 269 g/mol. The average molecular weight is 270 g/mol. The van der Waals surface area contributed by atoms with Crippen LogP contribution < -0.4 is 0 Å². The van der Waals surface area contributed by atoms with E-state index in [0.717, 1.165) is 12.3 Å². The second-order valence-electron chi connectivity index (χ2n) is 2.29. The van der Waals surface area contributed by atoms with Gasteiger partial charge in [-0.1, -0.05) is 13.8 Å². The summed E-state index contributed by atoms with van der Waals surface area (Å²) in [5.41, 5.74) is -0.192. The fraction of sp³-hybridized carbons (Fsp3) is 0.444. The molecule has 0 spiro atoms. The first-order chi connectivity index (χ1) is 6.41. The van der Waals surface area contributed by atoms with Crippen molar-refractivity contribution in [1.29, 1.82) is 0 Å². The normalized spacial score (nSPS) is 10.5. The Hall–Kier alpha value is -0.580. The van der Waals surface area contributed by atoms with Gasteiger partial charge < -0.3 is 0 Å². The highest BCUT2D eigenvalue weighted by atomic mass is 79.9. The van der Waals surface area contributed by atoms with Crippen molar-refractivity contribution in [2.75, 3.05) is 0 Å². The molecule has 0 unspecified atom stereocenters. The van der Waals surface area contributed by atoms with Crippen LogP contribution in [0.25, 0.3) is 0 Å². The van der Waals surface area contributed by atoms with E-state index in [1.54, 1.807) is 6.92 Å². The van der Waals surface area contributed by atoms with Crippen molar-refractivity contribution in [2.24, 2.45) is 0 Å². The zero-order chi connectivity index (χ0) is 11.4. The molecule has 1 nitrogen and oxygen atoms in total. The number of rotatable bonds is 0. The largest absolute Gasteiger partial charge is 0.417 e. The molecule has 0 saturated heterocycles. The Morgan fingerprint density at radius 3 is 2.14 bits per heavy atom. The fourth-order valence-electron chi connectivity index (χ4n) is 0.661. The molecule has 0 saturated carbocycles. The Balaban J connectivity index is 0.000000791. The van der Waals surface area contributed by atoms with E-state index in [-0.39, 0.29) is 0 Å². The molecule has 1 aromatic heterocycles. The van der Waals surface area contributed by atoms with E-state index in [4.69, 9.17) is 0 Å². The molecule has 0 aromatic carbocycles. The van der Waals surface area contributed by atoms with Gasteiger partial charge in [0.05, 0.1) is 11.3 Å². The highest BCUT2D eigenvalue weighted by Crippen LogP contribution is 2.30. The maximum Gasteiger partial charge on any atom is 0.417 e. The molecule has 1 aromatic rings. The Kier molecular flexibility index (Phi) is 5.12. The van der Waals surface area contributed by atoms with E-state index in [2.05, 4.69) is 20.9 Å². The smallest absolute Gasteiger partial charge is 0.260 e. The van der Waals surface area contributed by atoms with Crippen LogP contribution in [0.15, 0.2) is 16.7 Å². The van der Waals surface area contributed by atoms with Crippen LogP contribution in [0, 0.1) is 6.92 Å². The summed E-state index contributed by atoms with van der Waals surface area (Å²) in [6.45, 7) is 5.63. The molecular weight excluding hydrogens is 259 g/mol. The third-order valence-corrected chi connectivity index (χ3v) is 2.16. The van der Waals surface area contributed by atoms with Gasteiger partial charge in [-0.2, -0.15) is 13.2 Å². The molecule has 0 aliphatic rings. The van der Waals surface area contributed by atoms with Crippen molar-refractivity contribution in [1.82, 2.24) is 4.98 Å². The minimum Gasteiger partial charge on any atom is -0.260 e. The van der Waals surface area contributed by atoms with E-state index in [9.17, 15) is 13.2 Å². The maximum atomic E-state index is 12.0. The number of alkyl halides is 3. The van der Waals surface area contributed by atoms with Crippen molar-refractivity contribution in [3.8, 4) is 0 Å². The highest BCUT2D eigenvalue weighted by molar-refractivity contribution is 9.10. The first-order valence-corrected chi connectivity index (χ1v) is 4.90. The molecular formula is C9H11BrF3N. The lowest BCUT2D eigenvalue weighted by atomic mass is 10.2. The summed E-state index contributed by atoms with van der Waals surface area (Å²) >= 11 is 2.98. The Labute approximate surface area is 89.5 Å². The third kappa shape index (κ3) is 3.65. The lowest BCUT2D eigenvalue weighted by Crippen LogP contribution is -2.05. The topological polar surface area (TPSA) is 12.9 Å². The van der Waals surface area contributed by atoms with Gasteiger partial charge in [0.25, 0.3) is 0 Å². The number of aromatic nitrogens is 1. The van der Waals surface area contributed by atoms with Gasteiger partial charge in [-0.25, -0.2) is 0 Å². The van der Waals surface area contributed by atoms with Crippen molar-refractivity contribution < 1.29 is 13.2 Å². The van der Waals surface area contributed by atoms with Crippen molar-refractivity contribution in [3.63, 3.8) is 0 Å². The van der Waals surface area contributed by atoms with E-state index in [0.29, 0.717) is 10.2 Å². The lowest BCUT2D eigenvalue weighted by Gasteiger charge is -2.06. The summed E-state index contributed by atoms with van der Waals surface area (Å²) in [6.07, 6.45) is -3.50. The number of nitrogens with zero attached hydrogens (tertiary/aromatic N) is 1. The van der Waals surface area contributed by atoms with Gasteiger partial charge in [0.15, 0.2) is 0 Å². The molecule has 0 radical (unpaired) electrons. The van der Waals surface area contributed by atoms with E-state index < -0.39 is 11.7 Å². The first kappa shape index (κ1) is 13.4. The Morgan fingerprint density at radius 1 is 1.29 bits per heavy atom. The van der Waals surface area contributed by atoms with Gasteiger partial charge in [-0.05, 0) is 28.9 Å². The lowest BCUT2D eigenvalue weighted by molar-refractivity contribution is -0.137. The molecule has 80 valence electrons.